The standard InChI is InChI=1S/C21H21ClN2O/c1-13(14-5-3-2-4-6-14)23-21(25)15-7-9-17-18-12-16(22)8-10-19(18)24-20(17)11-15/h2-6,8,10,12-13,15,24H,7,9,11H2,1H3,(H,23,25)/t13-,15?/m0/s1. The van der Waals surface area contributed by atoms with Gasteiger partial charge in [0.2, 0.25) is 5.91 Å². The average molecular weight is 353 g/mol. The fourth-order valence-electron chi connectivity index (χ4n) is 3.78. The molecule has 3 nitrogen and oxygen atoms in total. The van der Waals surface area contributed by atoms with E-state index >= 15 is 0 Å². The molecule has 1 unspecified atom stereocenters. The number of aromatic nitrogens is 1. The minimum absolute atomic E-state index is 0.0159. The predicted molar refractivity (Wildman–Crippen MR) is 102 cm³/mol. The summed E-state index contributed by atoms with van der Waals surface area (Å²) in [6.45, 7) is 2.03. The van der Waals surface area contributed by atoms with Gasteiger partial charge in [-0.3, -0.25) is 4.79 Å². The van der Waals surface area contributed by atoms with Crippen molar-refractivity contribution in [3.05, 3.63) is 70.4 Å². The van der Waals surface area contributed by atoms with Crippen molar-refractivity contribution in [1.29, 1.82) is 0 Å². The van der Waals surface area contributed by atoms with Crippen molar-refractivity contribution in [2.75, 3.05) is 0 Å². The van der Waals surface area contributed by atoms with Crippen molar-refractivity contribution in [1.82, 2.24) is 10.3 Å². The highest BCUT2D eigenvalue weighted by Gasteiger charge is 2.28. The van der Waals surface area contributed by atoms with Crippen molar-refractivity contribution >= 4 is 28.4 Å². The van der Waals surface area contributed by atoms with E-state index in [0.29, 0.717) is 0 Å². The molecule has 2 atom stereocenters. The molecule has 0 radical (unpaired) electrons. The second kappa shape index (κ2) is 6.57. The number of fused-ring (bicyclic) bond motifs is 3. The minimum atomic E-state index is 0.0159. The molecule has 2 N–H and O–H groups in total. The first kappa shape index (κ1) is 16.2. The number of H-pyrrole nitrogens is 1. The molecule has 3 aromatic rings. The lowest BCUT2D eigenvalue weighted by atomic mass is 9.86. The number of benzene rings is 2. The van der Waals surface area contributed by atoms with E-state index in [1.165, 1.54) is 16.6 Å². The SMILES string of the molecule is C[C@H](NC(=O)C1CCc2c([nH]c3ccc(Cl)cc23)C1)c1ccccc1. The topological polar surface area (TPSA) is 44.9 Å². The molecule has 4 heteroatoms. The summed E-state index contributed by atoms with van der Waals surface area (Å²) in [7, 11) is 0. The van der Waals surface area contributed by atoms with Crippen LogP contribution in [0.1, 0.15) is 36.2 Å². The van der Waals surface area contributed by atoms with Gasteiger partial charge in [-0.05, 0) is 55.5 Å². The molecule has 0 fully saturated rings. The maximum atomic E-state index is 12.7. The Morgan fingerprint density at radius 1 is 1.24 bits per heavy atom. The summed E-state index contributed by atoms with van der Waals surface area (Å²) < 4.78 is 0. The van der Waals surface area contributed by atoms with E-state index in [0.717, 1.165) is 35.4 Å². The number of halogens is 1. The molecule has 0 saturated heterocycles. The van der Waals surface area contributed by atoms with Crippen molar-refractivity contribution < 1.29 is 4.79 Å². The zero-order valence-corrected chi connectivity index (χ0v) is 14.9. The number of hydrogen-bond acceptors (Lipinski definition) is 1. The van der Waals surface area contributed by atoms with Crippen LogP contribution in [0.15, 0.2) is 48.5 Å². The molecule has 128 valence electrons. The van der Waals surface area contributed by atoms with Crippen LogP contribution in [0.25, 0.3) is 10.9 Å². The van der Waals surface area contributed by atoms with E-state index < -0.39 is 0 Å². The fourth-order valence-corrected chi connectivity index (χ4v) is 3.95. The van der Waals surface area contributed by atoms with E-state index in [-0.39, 0.29) is 17.9 Å². The van der Waals surface area contributed by atoms with Crippen LogP contribution in [0.3, 0.4) is 0 Å². The molecule has 25 heavy (non-hydrogen) atoms. The van der Waals surface area contributed by atoms with Gasteiger partial charge in [0, 0.05) is 27.5 Å². The van der Waals surface area contributed by atoms with Gasteiger partial charge in [0.05, 0.1) is 6.04 Å². The lowest BCUT2D eigenvalue weighted by Gasteiger charge is -2.24. The molecule has 0 spiro atoms. The minimum Gasteiger partial charge on any atom is -0.358 e. The highest BCUT2D eigenvalue weighted by atomic mass is 35.5. The van der Waals surface area contributed by atoms with Gasteiger partial charge in [-0.2, -0.15) is 0 Å². The molecule has 1 aromatic heterocycles. The third-order valence-corrected chi connectivity index (χ3v) is 5.41. The smallest absolute Gasteiger partial charge is 0.223 e. The third kappa shape index (κ3) is 3.16. The van der Waals surface area contributed by atoms with E-state index in [2.05, 4.69) is 10.3 Å². The molecule has 4 rings (SSSR count). The highest BCUT2D eigenvalue weighted by Crippen LogP contribution is 2.33. The van der Waals surface area contributed by atoms with Crippen LogP contribution in [0, 0.1) is 5.92 Å². The zero-order chi connectivity index (χ0) is 17.4. The van der Waals surface area contributed by atoms with Crippen molar-refractivity contribution in [2.24, 2.45) is 5.92 Å². The molecule has 0 aliphatic heterocycles. The molecular formula is C21H21ClN2O. The fraction of sp³-hybridized carbons (Fsp3) is 0.286. The Bertz CT molecular complexity index is 916. The van der Waals surface area contributed by atoms with Gasteiger partial charge in [0.1, 0.15) is 0 Å². The van der Waals surface area contributed by atoms with Gasteiger partial charge in [-0.1, -0.05) is 41.9 Å². The molecule has 1 aliphatic carbocycles. The number of hydrogen-bond donors (Lipinski definition) is 2. The normalized spacial score (nSPS) is 17.9. The highest BCUT2D eigenvalue weighted by molar-refractivity contribution is 6.31. The number of rotatable bonds is 3. The van der Waals surface area contributed by atoms with Gasteiger partial charge in [-0.15, -0.1) is 0 Å². The summed E-state index contributed by atoms with van der Waals surface area (Å²) in [5, 5.41) is 5.11. The molecule has 1 heterocycles. The first-order valence-electron chi connectivity index (χ1n) is 8.76. The molecule has 1 amide bonds. The summed E-state index contributed by atoms with van der Waals surface area (Å²) in [6, 6.07) is 16.0. The van der Waals surface area contributed by atoms with E-state index in [4.69, 9.17) is 11.6 Å². The first-order valence-corrected chi connectivity index (χ1v) is 9.14. The van der Waals surface area contributed by atoms with Crippen molar-refractivity contribution in [3.8, 4) is 0 Å². The Morgan fingerprint density at radius 3 is 2.84 bits per heavy atom. The van der Waals surface area contributed by atoms with Gasteiger partial charge in [0.25, 0.3) is 0 Å². The zero-order valence-electron chi connectivity index (χ0n) is 14.2. The Kier molecular flexibility index (Phi) is 4.26. The second-order valence-electron chi connectivity index (χ2n) is 6.85. The third-order valence-electron chi connectivity index (χ3n) is 5.18. The summed E-state index contributed by atoms with van der Waals surface area (Å²) in [4.78, 5) is 16.2. The number of amides is 1. The van der Waals surface area contributed by atoms with Crippen LogP contribution in [0.2, 0.25) is 5.02 Å². The van der Waals surface area contributed by atoms with Crippen LogP contribution >= 0.6 is 11.6 Å². The van der Waals surface area contributed by atoms with Crippen molar-refractivity contribution in [3.63, 3.8) is 0 Å². The largest absolute Gasteiger partial charge is 0.358 e. The van der Waals surface area contributed by atoms with Crippen LogP contribution in [-0.2, 0) is 17.6 Å². The molecule has 2 aromatic carbocycles. The first-order chi connectivity index (χ1) is 12.1. The van der Waals surface area contributed by atoms with E-state index in [1.807, 2.05) is 55.5 Å². The summed E-state index contributed by atoms with van der Waals surface area (Å²) >= 11 is 6.13. The van der Waals surface area contributed by atoms with Gasteiger partial charge in [0.15, 0.2) is 0 Å². The quantitative estimate of drug-likeness (QED) is 0.698. The number of carbonyl (C=O) groups excluding carboxylic acids is 1. The lowest BCUT2D eigenvalue weighted by molar-refractivity contribution is -0.126. The Labute approximate surface area is 152 Å². The Balaban J connectivity index is 1.50. The average Bonchev–Trinajstić information content (AvgIpc) is 2.99. The lowest BCUT2D eigenvalue weighted by Crippen LogP contribution is -2.35. The van der Waals surface area contributed by atoms with Crippen LogP contribution in [0.4, 0.5) is 0 Å². The Morgan fingerprint density at radius 2 is 2.04 bits per heavy atom. The second-order valence-corrected chi connectivity index (χ2v) is 7.29. The monoisotopic (exact) mass is 352 g/mol. The predicted octanol–water partition coefficient (Wildman–Crippen LogP) is 4.80. The van der Waals surface area contributed by atoms with Crippen LogP contribution in [0.5, 0.6) is 0 Å². The van der Waals surface area contributed by atoms with E-state index in [1.54, 1.807) is 0 Å². The van der Waals surface area contributed by atoms with Crippen LogP contribution < -0.4 is 5.32 Å². The number of carbonyl (C=O) groups is 1. The maximum absolute atomic E-state index is 12.7. The van der Waals surface area contributed by atoms with E-state index in [9.17, 15) is 4.79 Å². The Hall–Kier alpha value is -2.26. The molecule has 1 aliphatic rings. The van der Waals surface area contributed by atoms with Crippen molar-refractivity contribution in [2.45, 2.75) is 32.2 Å². The molecular weight excluding hydrogens is 332 g/mol. The van der Waals surface area contributed by atoms with Crippen LogP contribution in [-0.4, -0.2) is 10.9 Å². The van der Waals surface area contributed by atoms with Gasteiger partial charge in [-0.25, -0.2) is 0 Å². The van der Waals surface area contributed by atoms with Gasteiger partial charge >= 0.3 is 0 Å². The van der Waals surface area contributed by atoms with Gasteiger partial charge < -0.3 is 10.3 Å². The summed E-state index contributed by atoms with van der Waals surface area (Å²) in [6.07, 6.45) is 2.54. The summed E-state index contributed by atoms with van der Waals surface area (Å²) in [5.74, 6) is 0.154. The number of nitrogens with one attached hydrogen (secondary N) is 2. The molecule has 0 saturated carbocycles. The summed E-state index contributed by atoms with van der Waals surface area (Å²) in [5.41, 5.74) is 4.73. The maximum Gasteiger partial charge on any atom is 0.223 e. The number of aromatic amines is 1. The molecule has 0 bridgehead atoms. The number of aryl methyl sites for hydroxylation is 1.